The SMILES string of the molecule is COc1ccc(OC)c(NC(N)=NCc2cccc(OCC(F)(F)F)c2)c1.I. The molecule has 0 fully saturated rings. The number of nitrogens with zero attached hydrogens (tertiary/aromatic N) is 1. The highest BCUT2D eigenvalue weighted by Gasteiger charge is 2.28. The van der Waals surface area contributed by atoms with Crippen LogP contribution >= 0.6 is 24.0 Å². The van der Waals surface area contributed by atoms with Gasteiger partial charge in [0.2, 0.25) is 0 Å². The quantitative estimate of drug-likeness (QED) is 0.331. The van der Waals surface area contributed by atoms with Gasteiger partial charge in [-0.25, -0.2) is 4.99 Å². The van der Waals surface area contributed by atoms with Crippen molar-refractivity contribution in [1.82, 2.24) is 0 Å². The second-order valence-electron chi connectivity index (χ2n) is 5.44. The summed E-state index contributed by atoms with van der Waals surface area (Å²) in [6.45, 7) is -1.19. The van der Waals surface area contributed by atoms with Crippen molar-refractivity contribution in [1.29, 1.82) is 0 Å². The molecule has 6 nitrogen and oxygen atoms in total. The lowest BCUT2D eigenvalue weighted by atomic mass is 10.2. The number of benzene rings is 2. The predicted molar refractivity (Wildman–Crippen MR) is 112 cm³/mol. The fourth-order valence-corrected chi connectivity index (χ4v) is 2.16. The van der Waals surface area contributed by atoms with Gasteiger partial charge >= 0.3 is 6.18 Å². The van der Waals surface area contributed by atoms with Gasteiger partial charge in [-0.1, -0.05) is 12.1 Å². The number of alkyl halides is 3. The third-order valence-electron chi connectivity index (χ3n) is 3.40. The van der Waals surface area contributed by atoms with Gasteiger partial charge in [0, 0.05) is 6.07 Å². The maximum atomic E-state index is 12.2. The molecule has 0 amide bonds. The van der Waals surface area contributed by atoms with E-state index >= 15 is 0 Å². The van der Waals surface area contributed by atoms with Gasteiger partial charge in [0.15, 0.2) is 12.6 Å². The first-order valence-corrected chi connectivity index (χ1v) is 7.88. The molecule has 28 heavy (non-hydrogen) atoms. The number of hydrogen-bond donors (Lipinski definition) is 2. The average molecular weight is 511 g/mol. The van der Waals surface area contributed by atoms with E-state index < -0.39 is 12.8 Å². The van der Waals surface area contributed by atoms with Gasteiger partial charge in [-0.3, -0.25) is 0 Å². The Morgan fingerprint density at radius 1 is 1.07 bits per heavy atom. The number of hydrogen-bond acceptors (Lipinski definition) is 4. The van der Waals surface area contributed by atoms with E-state index in [0.717, 1.165) is 0 Å². The van der Waals surface area contributed by atoms with Crippen LogP contribution in [0.1, 0.15) is 5.56 Å². The second-order valence-corrected chi connectivity index (χ2v) is 5.44. The van der Waals surface area contributed by atoms with E-state index in [-0.39, 0.29) is 42.2 Å². The lowest BCUT2D eigenvalue weighted by Crippen LogP contribution is -2.23. The Labute approximate surface area is 177 Å². The zero-order valence-corrected chi connectivity index (χ0v) is 17.6. The highest BCUT2D eigenvalue weighted by atomic mass is 127. The maximum absolute atomic E-state index is 12.2. The minimum atomic E-state index is -4.39. The Bertz CT molecular complexity index is 801. The number of guanidine groups is 1. The number of methoxy groups -OCH3 is 2. The number of nitrogens with one attached hydrogen (secondary N) is 1. The molecule has 2 aromatic rings. The predicted octanol–water partition coefficient (Wildman–Crippen LogP) is 4.19. The summed E-state index contributed by atoms with van der Waals surface area (Å²) in [5, 5.41) is 2.91. The lowest BCUT2D eigenvalue weighted by Gasteiger charge is -2.12. The van der Waals surface area contributed by atoms with Crippen molar-refractivity contribution in [3.63, 3.8) is 0 Å². The van der Waals surface area contributed by atoms with Crippen molar-refractivity contribution < 1.29 is 27.4 Å². The summed E-state index contributed by atoms with van der Waals surface area (Å²) in [5.74, 6) is 1.39. The Morgan fingerprint density at radius 2 is 1.82 bits per heavy atom. The van der Waals surface area contributed by atoms with Crippen LogP contribution in [-0.4, -0.2) is 33.0 Å². The van der Waals surface area contributed by atoms with Gasteiger partial charge in [-0.2, -0.15) is 13.2 Å². The van der Waals surface area contributed by atoms with Crippen molar-refractivity contribution in [3.05, 3.63) is 48.0 Å². The summed E-state index contributed by atoms with van der Waals surface area (Å²) in [5.41, 5.74) is 7.10. The molecule has 0 saturated heterocycles. The highest BCUT2D eigenvalue weighted by molar-refractivity contribution is 14.0. The lowest BCUT2D eigenvalue weighted by molar-refractivity contribution is -0.153. The van der Waals surface area contributed by atoms with Crippen LogP contribution in [0.2, 0.25) is 0 Å². The molecule has 0 aliphatic heterocycles. The van der Waals surface area contributed by atoms with Crippen molar-refractivity contribution >= 4 is 35.6 Å². The minimum absolute atomic E-state index is 0. The molecule has 0 heterocycles. The Morgan fingerprint density at radius 3 is 2.46 bits per heavy atom. The largest absolute Gasteiger partial charge is 0.497 e. The fourth-order valence-electron chi connectivity index (χ4n) is 2.16. The van der Waals surface area contributed by atoms with Gasteiger partial charge in [0.1, 0.15) is 17.2 Å². The van der Waals surface area contributed by atoms with Crippen molar-refractivity contribution in [2.45, 2.75) is 12.7 Å². The normalized spacial score (nSPS) is 11.4. The van der Waals surface area contributed by atoms with Crippen LogP contribution in [0.5, 0.6) is 17.2 Å². The molecular formula is C18H21F3IN3O3. The smallest absolute Gasteiger partial charge is 0.422 e. The molecule has 0 bridgehead atoms. The van der Waals surface area contributed by atoms with E-state index in [2.05, 4.69) is 10.3 Å². The van der Waals surface area contributed by atoms with E-state index in [1.54, 1.807) is 30.3 Å². The van der Waals surface area contributed by atoms with E-state index in [4.69, 9.17) is 19.9 Å². The second kappa shape index (κ2) is 10.8. The van der Waals surface area contributed by atoms with E-state index in [1.807, 2.05) is 0 Å². The number of rotatable bonds is 7. The number of halogens is 4. The Balaban J connectivity index is 0.00000392. The monoisotopic (exact) mass is 511 g/mol. The van der Waals surface area contributed by atoms with Crippen molar-refractivity contribution in [3.8, 4) is 17.2 Å². The fraction of sp³-hybridized carbons (Fsp3) is 0.278. The maximum Gasteiger partial charge on any atom is 0.422 e. The molecule has 2 aromatic carbocycles. The molecule has 0 radical (unpaired) electrons. The first-order chi connectivity index (χ1) is 12.8. The average Bonchev–Trinajstić information content (AvgIpc) is 2.64. The van der Waals surface area contributed by atoms with Gasteiger partial charge in [0.25, 0.3) is 0 Å². The summed E-state index contributed by atoms with van der Waals surface area (Å²) in [6, 6.07) is 11.4. The molecule has 2 rings (SSSR count). The molecule has 154 valence electrons. The number of aliphatic imine (C=N–C) groups is 1. The van der Waals surface area contributed by atoms with Crippen molar-refractivity contribution in [2.24, 2.45) is 10.7 Å². The van der Waals surface area contributed by atoms with Gasteiger partial charge in [-0.05, 0) is 29.8 Å². The topological polar surface area (TPSA) is 78.1 Å². The summed E-state index contributed by atoms with van der Waals surface area (Å²) in [6.07, 6.45) is -4.39. The van der Waals surface area contributed by atoms with Crippen LogP contribution in [0.3, 0.4) is 0 Å². The molecule has 0 spiro atoms. The molecule has 10 heteroatoms. The Kier molecular flexibility index (Phi) is 9.16. The standard InChI is InChI=1S/C18H20F3N3O3.HI/c1-25-13-6-7-16(26-2)15(9-13)24-17(22)23-10-12-4-3-5-14(8-12)27-11-18(19,20)21;/h3-9H,10-11H2,1-2H3,(H3,22,23,24);1H. The van der Waals surface area contributed by atoms with Gasteiger partial charge in [0.05, 0.1) is 26.5 Å². The van der Waals surface area contributed by atoms with Crippen LogP contribution in [-0.2, 0) is 6.54 Å². The molecule has 0 aliphatic rings. The molecule has 0 aromatic heterocycles. The van der Waals surface area contributed by atoms with E-state index in [0.29, 0.717) is 22.7 Å². The number of ether oxygens (including phenoxy) is 3. The van der Waals surface area contributed by atoms with E-state index in [9.17, 15) is 13.2 Å². The third-order valence-corrected chi connectivity index (χ3v) is 3.40. The highest BCUT2D eigenvalue weighted by Crippen LogP contribution is 2.28. The summed E-state index contributed by atoms with van der Waals surface area (Å²) in [7, 11) is 3.06. The Hall–Kier alpha value is -2.37. The molecule has 0 saturated carbocycles. The number of nitrogens with two attached hydrogens (primary N) is 1. The first-order valence-electron chi connectivity index (χ1n) is 7.88. The zero-order valence-electron chi connectivity index (χ0n) is 15.2. The zero-order chi connectivity index (χ0) is 19.9. The van der Waals surface area contributed by atoms with Crippen molar-refractivity contribution in [2.75, 3.05) is 26.1 Å². The summed E-state index contributed by atoms with van der Waals surface area (Å²) in [4.78, 5) is 4.18. The van der Waals surface area contributed by atoms with Crippen LogP contribution in [0.15, 0.2) is 47.5 Å². The van der Waals surface area contributed by atoms with Crippen LogP contribution < -0.4 is 25.3 Å². The minimum Gasteiger partial charge on any atom is -0.497 e. The van der Waals surface area contributed by atoms with Crippen LogP contribution in [0.25, 0.3) is 0 Å². The summed E-state index contributed by atoms with van der Waals surface area (Å²) >= 11 is 0. The van der Waals surface area contributed by atoms with E-state index in [1.165, 1.54) is 26.4 Å². The van der Waals surface area contributed by atoms with Crippen LogP contribution in [0.4, 0.5) is 18.9 Å². The van der Waals surface area contributed by atoms with Crippen LogP contribution in [0, 0.1) is 0 Å². The van der Waals surface area contributed by atoms with Gasteiger partial charge in [-0.15, -0.1) is 24.0 Å². The molecule has 3 N–H and O–H groups in total. The molecule has 0 atom stereocenters. The van der Waals surface area contributed by atoms with Gasteiger partial charge < -0.3 is 25.3 Å². The summed E-state index contributed by atoms with van der Waals surface area (Å²) < 4.78 is 51.8. The number of anilines is 1. The molecular weight excluding hydrogens is 490 g/mol. The molecule has 0 unspecified atom stereocenters. The molecule has 0 aliphatic carbocycles. The first kappa shape index (κ1) is 23.7. The third kappa shape index (κ3) is 7.71.